The predicted molar refractivity (Wildman–Crippen MR) is 78.3 cm³/mol. The van der Waals surface area contributed by atoms with Gasteiger partial charge in [-0.25, -0.2) is 4.98 Å². The van der Waals surface area contributed by atoms with E-state index in [2.05, 4.69) is 23.2 Å². The molecular formula is C15H14N2OS. The highest BCUT2D eigenvalue weighted by molar-refractivity contribution is 7.09. The lowest BCUT2D eigenvalue weighted by Gasteiger charge is -2.12. The van der Waals surface area contributed by atoms with Gasteiger partial charge in [0.05, 0.1) is 0 Å². The van der Waals surface area contributed by atoms with Crippen molar-refractivity contribution in [2.45, 2.75) is 13.2 Å². The number of thiazole rings is 1. The molecule has 0 unspecified atom stereocenters. The third-order valence-corrected chi connectivity index (χ3v) is 3.79. The molecule has 0 amide bonds. The number of nitrogens with two attached hydrogens (primary N) is 1. The maximum atomic E-state index is 5.87. The summed E-state index contributed by atoms with van der Waals surface area (Å²) in [6.07, 6.45) is 1.79. The third-order valence-electron chi connectivity index (χ3n) is 3.04. The van der Waals surface area contributed by atoms with Crippen molar-refractivity contribution >= 4 is 22.1 Å². The Hall–Kier alpha value is -1.91. The van der Waals surface area contributed by atoms with Crippen molar-refractivity contribution in [1.82, 2.24) is 4.98 Å². The first-order chi connectivity index (χ1) is 9.38. The lowest BCUT2D eigenvalue weighted by molar-refractivity contribution is 0.303. The van der Waals surface area contributed by atoms with Crippen molar-refractivity contribution in [2.24, 2.45) is 5.73 Å². The number of hydrogen-bond acceptors (Lipinski definition) is 4. The second kappa shape index (κ2) is 5.38. The van der Waals surface area contributed by atoms with Crippen LogP contribution in [0.15, 0.2) is 48.0 Å². The van der Waals surface area contributed by atoms with E-state index in [0.29, 0.717) is 13.2 Å². The molecule has 19 heavy (non-hydrogen) atoms. The van der Waals surface area contributed by atoms with E-state index >= 15 is 0 Å². The smallest absolute Gasteiger partial charge is 0.140 e. The van der Waals surface area contributed by atoms with Crippen LogP contribution in [0, 0.1) is 0 Å². The van der Waals surface area contributed by atoms with Crippen LogP contribution in [0.3, 0.4) is 0 Å². The zero-order valence-corrected chi connectivity index (χ0v) is 11.2. The van der Waals surface area contributed by atoms with Crippen LogP contribution in [0.4, 0.5) is 0 Å². The molecule has 0 spiro atoms. The lowest BCUT2D eigenvalue weighted by Crippen LogP contribution is -2.03. The summed E-state index contributed by atoms with van der Waals surface area (Å²) >= 11 is 1.59. The Balaban J connectivity index is 1.94. The van der Waals surface area contributed by atoms with E-state index in [4.69, 9.17) is 10.5 Å². The number of nitrogens with zero attached hydrogens (tertiary/aromatic N) is 1. The summed E-state index contributed by atoms with van der Waals surface area (Å²) in [5.41, 5.74) is 6.92. The first kappa shape index (κ1) is 12.1. The minimum absolute atomic E-state index is 0.467. The average Bonchev–Trinajstić information content (AvgIpc) is 2.97. The first-order valence-corrected chi connectivity index (χ1v) is 6.98. The molecule has 0 aliphatic carbocycles. The highest BCUT2D eigenvalue weighted by Crippen LogP contribution is 2.28. The molecule has 1 heterocycles. The molecule has 0 bridgehead atoms. The molecule has 0 aliphatic rings. The highest BCUT2D eigenvalue weighted by atomic mass is 32.1. The van der Waals surface area contributed by atoms with E-state index in [0.717, 1.165) is 21.7 Å². The molecule has 2 aromatic carbocycles. The molecule has 0 atom stereocenters. The SMILES string of the molecule is NCc1c(OCc2nccs2)ccc2ccccc12. The highest BCUT2D eigenvalue weighted by Gasteiger charge is 2.08. The molecule has 96 valence electrons. The molecule has 4 heteroatoms. The molecule has 0 radical (unpaired) electrons. The van der Waals surface area contributed by atoms with Crippen LogP contribution in [0.2, 0.25) is 0 Å². The van der Waals surface area contributed by atoms with Crippen LogP contribution < -0.4 is 10.5 Å². The number of rotatable bonds is 4. The summed E-state index contributed by atoms with van der Waals surface area (Å²) in [5.74, 6) is 0.844. The van der Waals surface area contributed by atoms with Gasteiger partial charge in [0.25, 0.3) is 0 Å². The van der Waals surface area contributed by atoms with Crippen LogP contribution in [-0.4, -0.2) is 4.98 Å². The van der Waals surface area contributed by atoms with Gasteiger partial charge in [-0.3, -0.25) is 0 Å². The fraction of sp³-hybridized carbons (Fsp3) is 0.133. The summed E-state index contributed by atoms with van der Waals surface area (Å²) in [4.78, 5) is 4.21. The van der Waals surface area contributed by atoms with Crippen molar-refractivity contribution in [2.75, 3.05) is 0 Å². The van der Waals surface area contributed by atoms with Gasteiger partial charge in [-0.2, -0.15) is 0 Å². The van der Waals surface area contributed by atoms with Crippen molar-refractivity contribution in [1.29, 1.82) is 0 Å². The minimum Gasteiger partial charge on any atom is -0.486 e. The average molecular weight is 270 g/mol. The number of benzene rings is 2. The maximum Gasteiger partial charge on any atom is 0.140 e. The number of aromatic nitrogens is 1. The third kappa shape index (κ3) is 2.45. The molecule has 0 saturated carbocycles. The Morgan fingerprint density at radius 2 is 2.05 bits per heavy atom. The van der Waals surface area contributed by atoms with Crippen molar-refractivity contribution in [3.05, 3.63) is 58.5 Å². The molecule has 3 aromatic rings. The largest absolute Gasteiger partial charge is 0.486 e. The van der Waals surface area contributed by atoms with Gasteiger partial charge in [0.15, 0.2) is 0 Å². The summed E-state index contributed by atoms with van der Waals surface area (Å²) in [5, 5.41) is 5.26. The van der Waals surface area contributed by atoms with Crippen LogP contribution in [0.25, 0.3) is 10.8 Å². The van der Waals surface area contributed by atoms with Gasteiger partial charge in [0.1, 0.15) is 17.4 Å². The Bertz CT molecular complexity index is 680. The summed E-state index contributed by atoms with van der Waals surface area (Å²) in [6, 6.07) is 12.3. The van der Waals surface area contributed by atoms with Crippen molar-refractivity contribution < 1.29 is 4.74 Å². The van der Waals surface area contributed by atoms with Crippen molar-refractivity contribution in [3.63, 3.8) is 0 Å². The monoisotopic (exact) mass is 270 g/mol. The molecule has 3 nitrogen and oxygen atoms in total. The van der Waals surface area contributed by atoms with E-state index in [1.54, 1.807) is 17.5 Å². The quantitative estimate of drug-likeness (QED) is 0.791. The molecular weight excluding hydrogens is 256 g/mol. The maximum absolute atomic E-state index is 5.87. The Labute approximate surface area is 115 Å². The first-order valence-electron chi connectivity index (χ1n) is 6.10. The van der Waals surface area contributed by atoms with Crippen LogP contribution in [-0.2, 0) is 13.2 Å². The minimum atomic E-state index is 0.467. The van der Waals surface area contributed by atoms with E-state index in [-0.39, 0.29) is 0 Å². The molecule has 3 rings (SSSR count). The van der Waals surface area contributed by atoms with Crippen molar-refractivity contribution in [3.8, 4) is 5.75 Å². The zero-order valence-electron chi connectivity index (χ0n) is 10.4. The van der Waals surface area contributed by atoms with Gasteiger partial charge in [-0.15, -0.1) is 11.3 Å². The fourth-order valence-corrected chi connectivity index (χ4v) is 2.65. The molecule has 0 fully saturated rings. The van der Waals surface area contributed by atoms with Gasteiger partial charge in [-0.1, -0.05) is 30.3 Å². The molecule has 0 saturated heterocycles. The van der Waals surface area contributed by atoms with E-state index in [1.165, 1.54) is 5.39 Å². The van der Waals surface area contributed by atoms with Gasteiger partial charge >= 0.3 is 0 Å². The standard InChI is InChI=1S/C15H14N2OS/c16-9-13-12-4-2-1-3-11(12)5-6-14(13)18-10-15-17-7-8-19-15/h1-8H,9-10,16H2. The fourth-order valence-electron chi connectivity index (χ4n) is 2.13. The van der Waals surface area contributed by atoms with Gasteiger partial charge < -0.3 is 10.5 Å². The Morgan fingerprint density at radius 3 is 2.84 bits per heavy atom. The zero-order chi connectivity index (χ0) is 13.1. The Morgan fingerprint density at radius 1 is 1.16 bits per heavy atom. The topological polar surface area (TPSA) is 48.1 Å². The van der Waals surface area contributed by atoms with E-state index in [1.807, 2.05) is 23.6 Å². The van der Waals surface area contributed by atoms with E-state index < -0.39 is 0 Å². The van der Waals surface area contributed by atoms with Crippen LogP contribution >= 0.6 is 11.3 Å². The Kier molecular flexibility index (Phi) is 3.44. The van der Waals surface area contributed by atoms with Gasteiger partial charge in [0.2, 0.25) is 0 Å². The summed E-state index contributed by atoms with van der Waals surface area (Å²) in [6.45, 7) is 0.956. The number of hydrogen-bond donors (Lipinski definition) is 1. The van der Waals surface area contributed by atoms with Crippen LogP contribution in [0.1, 0.15) is 10.6 Å². The second-order valence-corrected chi connectivity index (χ2v) is 5.16. The van der Waals surface area contributed by atoms with Gasteiger partial charge in [-0.05, 0) is 16.8 Å². The number of fused-ring (bicyclic) bond motifs is 1. The summed E-state index contributed by atoms with van der Waals surface area (Å²) < 4.78 is 5.85. The normalized spacial score (nSPS) is 10.8. The van der Waals surface area contributed by atoms with Gasteiger partial charge in [0, 0.05) is 23.7 Å². The summed E-state index contributed by atoms with van der Waals surface area (Å²) in [7, 11) is 0. The predicted octanol–water partition coefficient (Wildman–Crippen LogP) is 3.33. The van der Waals surface area contributed by atoms with Crippen LogP contribution in [0.5, 0.6) is 5.75 Å². The molecule has 0 aliphatic heterocycles. The van der Waals surface area contributed by atoms with E-state index in [9.17, 15) is 0 Å². The number of ether oxygens (including phenoxy) is 1. The lowest BCUT2D eigenvalue weighted by atomic mass is 10.0. The second-order valence-electron chi connectivity index (χ2n) is 4.18. The molecule has 2 N–H and O–H groups in total. The molecule has 1 aromatic heterocycles.